The minimum absolute atomic E-state index is 0.0964. The molecule has 2 rings (SSSR count). The number of aryl methyl sites for hydroxylation is 3. The first kappa shape index (κ1) is 13.1. The van der Waals surface area contributed by atoms with Crippen LogP contribution in [0.2, 0.25) is 5.02 Å². The van der Waals surface area contributed by atoms with E-state index in [1.807, 2.05) is 19.1 Å². The number of nitrogens with two attached hydrogens (primary N) is 1. The van der Waals surface area contributed by atoms with E-state index in [0.29, 0.717) is 0 Å². The van der Waals surface area contributed by atoms with Crippen LogP contribution in [0.15, 0.2) is 36.4 Å². The Balaban J connectivity index is 2.46. The van der Waals surface area contributed by atoms with E-state index in [0.717, 1.165) is 27.3 Å². The lowest BCUT2D eigenvalue weighted by atomic mass is 9.93. The lowest BCUT2D eigenvalue weighted by Gasteiger charge is -2.17. The zero-order valence-electron chi connectivity index (χ0n) is 11.0. The van der Waals surface area contributed by atoms with E-state index in [2.05, 4.69) is 38.1 Å². The molecule has 0 heterocycles. The van der Waals surface area contributed by atoms with Gasteiger partial charge in [-0.3, -0.25) is 0 Å². The standard InChI is InChI=1S/C16H18ClN/c1-10-5-4-6-13(7-10)16(18)14-8-12(3)15(17)9-11(14)2/h4-9,16H,18H2,1-3H3. The SMILES string of the molecule is Cc1cccc(C(N)c2cc(C)c(Cl)cc2C)c1. The Morgan fingerprint density at radius 2 is 1.72 bits per heavy atom. The van der Waals surface area contributed by atoms with Crippen LogP contribution in [0.5, 0.6) is 0 Å². The summed E-state index contributed by atoms with van der Waals surface area (Å²) in [4.78, 5) is 0. The molecular weight excluding hydrogens is 242 g/mol. The Morgan fingerprint density at radius 1 is 1.00 bits per heavy atom. The second-order valence-corrected chi connectivity index (χ2v) is 5.26. The van der Waals surface area contributed by atoms with Crippen molar-refractivity contribution in [2.75, 3.05) is 0 Å². The molecule has 1 atom stereocenters. The Labute approximate surface area is 114 Å². The highest BCUT2D eigenvalue weighted by Crippen LogP contribution is 2.27. The molecule has 0 bridgehead atoms. The maximum absolute atomic E-state index is 6.36. The minimum atomic E-state index is -0.0964. The van der Waals surface area contributed by atoms with Crippen LogP contribution in [0.1, 0.15) is 33.9 Å². The Bertz CT molecular complexity index is 575. The molecule has 0 saturated heterocycles. The summed E-state index contributed by atoms with van der Waals surface area (Å²) >= 11 is 6.12. The molecule has 0 aliphatic heterocycles. The molecule has 94 valence electrons. The van der Waals surface area contributed by atoms with Crippen molar-refractivity contribution in [3.05, 3.63) is 69.2 Å². The Hall–Kier alpha value is -1.31. The molecule has 2 aromatic carbocycles. The summed E-state index contributed by atoms with van der Waals surface area (Å²) in [6, 6.07) is 12.3. The molecule has 0 amide bonds. The average Bonchev–Trinajstić information content (AvgIpc) is 2.33. The highest BCUT2D eigenvalue weighted by atomic mass is 35.5. The summed E-state index contributed by atoms with van der Waals surface area (Å²) in [5, 5.41) is 0.799. The fourth-order valence-corrected chi connectivity index (χ4v) is 2.40. The van der Waals surface area contributed by atoms with Crippen LogP contribution in [-0.4, -0.2) is 0 Å². The second-order valence-electron chi connectivity index (χ2n) is 4.85. The largest absolute Gasteiger partial charge is 0.320 e. The van der Waals surface area contributed by atoms with Gasteiger partial charge < -0.3 is 5.73 Å². The Morgan fingerprint density at radius 3 is 2.39 bits per heavy atom. The monoisotopic (exact) mass is 259 g/mol. The highest BCUT2D eigenvalue weighted by molar-refractivity contribution is 6.31. The summed E-state index contributed by atoms with van der Waals surface area (Å²) in [5.41, 5.74) is 12.1. The van der Waals surface area contributed by atoms with Gasteiger partial charge in [-0.25, -0.2) is 0 Å². The molecule has 0 saturated carbocycles. The van der Waals surface area contributed by atoms with Crippen LogP contribution >= 0.6 is 11.6 Å². The number of halogens is 1. The molecular formula is C16H18ClN. The van der Waals surface area contributed by atoms with Crippen molar-refractivity contribution in [2.45, 2.75) is 26.8 Å². The maximum atomic E-state index is 6.36. The summed E-state index contributed by atoms with van der Waals surface area (Å²) in [6.07, 6.45) is 0. The molecule has 2 N–H and O–H groups in total. The normalized spacial score (nSPS) is 12.5. The van der Waals surface area contributed by atoms with Crippen molar-refractivity contribution in [3.63, 3.8) is 0 Å². The summed E-state index contributed by atoms with van der Waals surface area (Å²) in [6.45, 7) is 6.14. The molecule has 0 spiro atoms. The number of hydrogen-bond donors (Lipinski definition) is 1. The molecule has 18 heavy (non-hydrogen) atoms. The van der Waals surface area contributed by atoms with Crippen molar-refractivity contribution in [1.82, 2.24) is 0 Å². The van der Waals surface area contributed by atoms with Gasteiger partial charge in [0.25, 0.3) is 0 Å². The van der Waals surface area contributed by atoms with Crippen LogP contribution in [-0.2, 0) is 0 Å². The van der Waals surface area contributed by atoms with Crippen molar-refractivity contribution >= 4 is 11.6 Å². The Kier molecular flexibility index (Phi) is 3.74. The molecule has 0 fully saturated rings. The molecule has 2 aromatic rings. The van der Waals surface area contributed by atoms with Crippen LogP contribution in [0.25, 0.3) is 0 Å². The van der Waals surface area contributed by atoms with Gasteiger partial charge in [0.05, 0.1) is 6.04 Å². The van der Waals surface area contributed by atoms with Crippen LogP contribution in [0.4, 0.5) is 0 Å². The quantitative estimate of drug-likeness (QED) is 0.854. The molecule has 0 aliphatic rings. The summed E-state index contributed by atoms with van der Waals surface area (Å²) in [5.74, 6) is 0. The van der Waals surface area contributed by atoms with Crippen LogP contribution in [0.3, 0.4) is 0 Å². The average molecular weight is 260 g/mol. The fraction of sp³-hybridized carbons (Fsp3) is 0.250. The number of rotatable bonds is 2. The predicted octanol–water partition coefficient (Wildman–Crippen LogP) is 4.31. The van der Waals surface area contributed by atoms with E-state index >= 15 is 0 Å². The van der Waals surface area contributed by atoms with Gasteiger partial charge in [-0.05, 0) is 49.1 Å². The van der Waals surface area contributed by atoms with Gasteiger partial charge in [-0.15, -0.1) is 0 Å². The van der Waals surface area contributed by atoms with E-state index < -0.39 is 0 Å². The molecule has 1 unspecified atom stereocenters. The third-order valence-corrected chi connectivity index (χ3v) is 3.69. The molecule has 1 nitrogen and oxygen atoms in total. The van der Waals surface area contributed by atoms with Gasteiger partial charge in [-0.2, -0.15) is 0 Å². The van der Waals surface area contributed by atoms with Crippen LogP contribution in [0, 0.1) is 20.8 Å². The van der Waals surface area contributed by atoms with Crippen LogP contribution < -0.4 is 5.73 Å². The molecule has 2 heteroatoms. The predicted molar refractivity (Wildman–Crippen MR) is 78.1 cm³/mol. The first-order chi connectivity index (χ1) is 8.49. The van der Waals surface area contributed by atoms with Gasteiger partial charge >= 0.3 is 0 Å². The molecule has 0 radical (unpaired) electrons. The number of benzene rings is 2. The van der Waals surface area contributed by atoms with E-state index in [1.165, 1.54) is 5.56 Å². The van der Waals surface area contributed by atoms with Crippen molar-refractivity contribution in [2.24, 2.45) is 5.73 Å². The smallest absolute Gasteiger partial charge is 0.0554 e. The fourth-order valence-electron chi connectivity index (χ4n) is 2.18. The van der Waals surface area contributed by atoms with E-state index in [1.54, 1.807) is 0 Å². The maximum Gasteiger partial charge on any atom is 0.0554 e. The van der Waals surface area contributed by atoms with Crippen molar-refractivity contribution in [1.29, 1.82) is 0 Å². The topological polar surface area (TPSA) is 26.0 Å². The van der Waals surface area contributed by atoms with Gasteiger partial charge in [0, 0.05) is 5.02 Å². The molecule has 0 aliphatic carbocycles. The third kappa shape index (κ3) is 2.58. The van der Waals surface area contributed by atoms with E-state index in [4.69, 9.17) is 17.3 Å². The first-order valence-corrected chi connectivity index (χ1v) is 6.45. The third-order valence-electron chi connectivity index (χ3n) is 3.28. The van der Waals surface area contributed by atoms with Gasteiger partial charge in [0.2, 0.25) is 0 Å². The second kappa shape index (κ2) is 5.13. The minimum Gasteiger partial charge on any atom is -0.320 e. The zero-order valence-corrected chi connectivity index (χ0v) is 11.8. The first-order valence-electron chi connectivity index (χ1n) is 6.08. The zero-order chi connectivity index (χ0) is 13.3. The van der Waals surface area contributed by atoms with Gasteiger partial charge in [0.15, 0.2) is 0 Å². The van der Waals surface area contributed by atoms with Crippen molar-refractivity contribution in [3.8, 4) is 0 Å². The van der Waals surface area contributed by atoms with Crippen molar-refractivity contribution < 1.29 is 0 Å². The summed E-state index contributed by atoms with van der Waals surface area (Å²) in [7, 11) is 0. The van der Waals surface area contributed by atoms with E-state index in [-0.39, 0.29) is 6.04 Å². The molecule has 0 aromatic heterocycles. The lowest BCUT2D eigenvalue weighted by molar-refractivity contribution is 0.858. The van der Waals surface area contributed by atoms with E-state index in [9.17, 15) is 0 Å². The lowest BCUT2D eigenvalue weighted by Crippen LogP contribution is -2.13. The number of hydrogen-bond acceptors (Lipinski definition) is 1. The van der Waals surface area contributed by atoms with Gasteiger partial charge in [0.1, 0.15) is 0 Å². The highest BCUT2D eigenvalue weighted by Gasteiger charge is 2.13. The van der Waals surface area contributed by atoms with Gasteiger partial charge in [-0.1, -0.05) is 47.5 Å². The summed E-state index contributed by atoms with van der Waals surface area (Å²) < 4.78 is 0.